The third kappa shape index (κ3) is 4.88. The number of hydrogen-bond acceptors (Lipinski definition) is 6. The normalized spacial score (nSPS) is 10.4. The van der Waals surface area contributed by atoms with Gasteiger partial charge in [0.15, 0.2) is 16.6 Å². The first-order valence-corrected chi connectivity index (χ1v) is 6.61. The average Bonchev–Trinajstić information content (AvgIpc) is 2.43. The van der Waals surface area contributed by atoms with Gasteiger partial charge in [-0.3, -0.25) is 15.5 Å². The van der Waals surface area contributed by atoms with Gasteiger partial charge in [0, 0.05) is 18.2 Å². The van der Waals surface area contributed by atoms with E-state index < -0.39 is 4.92 Å². The zero-order chi connectivity index (χ0) is 15.8. The number of phenolic OH excluding ortho intramolecular Hbond substituents is 1. The van der Waals surface area contributed by atoms with Crippen molar-refractivity contribution in [2.24, 2.45) is 5.10 Å². The summed E-state index contributed by atoms with van der Waals surface area (Å²) in [4.78, 5) is 10.3. The SMILES string of the molecule is CCNC(=S)N/N=C\c1cc([N+](=O)[O-])cc(OCC)c1O. The lowest BCUT2D eigenvalue weighted by molar-refractivity contribution is -0.385. The lowest BCUT2D eigenvalue weighted by Crippen LogP contribution is -2.31. The van der Waals surface area contributed by atoms with E-state index in [1.165, 1.54) is 12.3 Å². The van der Waals surface area contributed by atoms with Crippen molar-refractivity contribution < 1.29 is 14.8 Å². The van der Waals surface area contributed by atoms with E-state index in [2.05, 4.69) is 15.8 Å². The molecule has 0 aliphatic carbocycles. The molecule has 1 rings (SSSR count). The van der Waals surface area contributed by atoms with E-state index in [1.807, 2.05) is 6.92 Å². The summed E-state index contributed by atoms with van der Waals surface area (Å²) in [5.74, 6) is -0.190. The molecule has 8 nitrogen and oxygen atoms in total. The van der Waals surface area contributed by atoms with Gasteiger partial charge in [-0.25, -0.2) is 0 Å². The highest BCUT2D eigenvalue weighted by Crippen LogP contribution is 2.33. The molecule has 0 spiro atoms. The van der Waals surface area contributed by atoms with Crippen LogP contribution in [0.5, 0.6) is 11.5 Å². The summed E-state index contributed by atoms with van der Waals surface area (Å²) in [6, 6.07) is 2.35. The van der Waals surface area contributed by atoms with Crippen molar-refractivity contribution in [3.63, 3.8) is 0 Å². The predicted octanol–water partition coefficient (Wildman–Crippen LogP) is 1.52. The standard InChI is InChI=1S/C12H16N4O4S/c1-3-13-12(21)15-14-7-8-5-9(16(18)19)6-10(11(8)17)20-4-2/h5-7,17H,3-4H2,1-2H3,(H2,13,15,21)/b14-7-. The minimum Gasteiger partial charge on any atom is -0.504 e. The fourth-order valence-corrected chi connectivity index (χ4v) is 1.64. The maximum atomic E-state index is 10.9. The van der Waals surface area contributed by atoms with E-state index in [1.54, 1.807) is 6.92 Å². The van der Waals surface area contributed by atoms with Gasteiger partial charge in [-0.1, -0.05) is 0 Å². The number of hydrazone groups is 1. The van der Waals surface area contributed by atoms with E-state index in [9.17, 15) is 15.2 Å². The molecule has 0 unspecified atom stereocenters. The molecule has 0 bridgehead atoms. The monoisotopic (exact) mass is 312 g/mol. The van der Waals surface area contributed by atoms with Crippen molar-refractivity contribution >= 4 is 29.2 Å². The van der Waals surface area contributed by atoms with Crippen LogP contribution in [0.25, 0.3) is 0 Å². The van der Waals surface area contributed by atoms with Crippen LogP contribution in [0.3, 0.4) is 0 Å². The summed E-state index contributed by atoms with van der Waals surface area (Å²) in [6.45, 7) is 4.49. The first-order chi connectivity index (χ1) is 9.99. The number of ether oxygens (including phenoxy) is 1. The molecular weight excluding hydrogens is 296 g/mol. The Kier molecular flexibility index (Phi) is 6.34. The van der Waals surface area contributed by atoms with Gasteiger partial charge in [-0.05, 0) is 26.1 Å². The fraction of sp³-hybridized carbons (Fsp3) is 0.333. The van der Waals surface area contributed by atoms with Crippen LogP contribution in [0.2, 0.25) is 0 Å². The zero-order valence-corrected chi connectivity index (χ0v) is 12.4. The Hall–Kier alpha value is -2.42. The Balaban J connectivity index is 3.01. The molecule has 0 fully saturated rings. The molecule has 1 aromatic rings. The number of rotatable bonds is 6. The highest BCUT2D eigenvalue weighted by Gasteiger charge is 2.16. The van der Waals surface area contributed by atoms with Crippen LogP contribution in [0.4, 0.5) is 5.69 Å². The van der Waals surface area contributed by atoms with Gasteiger partial charge in [0.1, 0.15) is 0 Å². The molecule has 0 saturated carbocycles. The molecule has 0 radical (unpaired) electrons. The van der Waals surface area contributed by atoms with E-state index in [-0.39, 0.29) is 29.4 Å². The second-order valence-corrected chi connectivity index (χ2v) is 4.21. The number of nitrogens with zero attached hydrogens (tertiary/aromatic N) is 2. The van der Waals surface area contributed by atoms with Crippen LogP contribution in [0, 0.1) is 10.1 Å². The number of aromatic hydroxyl groups is 1. The molecule has 0 aliphatic heterocycles. The first-order valence-electron chi connectivity index (χ1n) is 6.20. The predicted molar refractivity (Wildman–Crippen MR) is 82.9 cm³/mol. The van der Waals surface area contributed by atoms with E-state index in [4.69, 9.17) is 17.0 Å². The Morgan fingerprint density at radius 3 is 2.86 bits per heavy atom. The smallest absolute Gasteiger partial charge is 0.274 e. The summed E-state index contributed by atoms with van der Waals surface area (Å²) in [6.07, 6.45) is 1.23. The van der Waals surface area contributed by atoms with E-state index >= 15 is 0 Å². The highest BCUT2D eigenvalue weighted by molar-refractivity contribution is 7.80. The van der Waals surface area contributed by atoms with Crippen LogP contribution in [-0.2, 0) is 0 Å². The number of nitrogens with one attached hydrogen (secondary N) is 2. The van der Waals surface area contributed by atoms with Gasteiger partial charge < -0.3 is 15.2 Å². The summed E-state index contributed by atoms with van der Waals surface area (Å²) >= 11 is 4.90. The molecule has 0 atom stereocenters. The second kappa shape index (κ2) is 8.00. The molecule has 0 heterocycles. The molecule has 0 saturated heterocycles. The molecule has 9 heteroatoms. The maximum Gasteiger partial charge on any atom is 0.274 e. The van der Waals surface area contributed by atoms with Crippen LogP contribution in [0.15, 0.2) is 17.2 Å². The lowest BCUT2D eigenvalue weighted by Gasteiger charge is -2.08. The molecule has 3 N–H and O–H groups in total. The van der Waals surface area contributed by atoms with Gasteiger partial charge in [0.2, 0.25) is 0 Å². The summed E-state index contributed by atoms with van der Waals surface area (Å²) in [5.41, 5.74) is 2.48. The van der Waals surface area contributed by atoms with Crippen molar-refractivity contribution in [1.29, 1.82) is 0 Å². The van der Waals surface area contributed by atoms with Crippen LogP contribution >= 0.6 is 12.2 Å². The number of benzene rings is 1. The molecule has 21 heavy (non-hydrogen) atoms. The Morgan fingerprint density at radius 2 is 2.29 bits per heavy atom. The second-order valence-electron chi connectivity index (χ2n) is 3.80. The molecular formula is C12H16N4O4S. The van der Waals surface area contributed by atoms with Crippen molar-refractivity contribution in [3.8, 4) is 11.5 Å². The van der Waals surface area contributed by atoms with Gasteiger partial charge >= 0.3 is 0 Å². The number of phenols is 1. The van der Waals surface area contributed by atoms with Crippen LogP contribution in [0.1, 0.15) is 19.4 Å². The van der Waals surface area contributed by atoms with Crippen molar-refractivity contribution in [3.05, 3.63) is 27.8 Å². The summed E-state index contributed by atoms with van der Waals surface area (Å²) < 4.78 is 5.16. The zero-order valence-electron chi connectivity index (χ0n) is 11.6. The van der Waals surface area contributed by atoms with Crippen molar-refractivity contribution in [1.82, 2.24) is 10.7 Å². The molecule has 0 aromatic heterocycles. The summed E-state index contributed by atoms with van der Waals surface area (Å²) in [5, 5.41) is 27.8. The molecule has 1 aromatic carbocycles. The van der Waals surface area contributed by atoms with Crippen LogP contribution < -0.4 is 15.5 Å². The maximum absolute atomic E-state index is 10.9. The van der Waals surface area contributed by atoms with Crippen molar-refractivity contribution in [2.75, 3.05) is 13.2 Å². The quantitative estimate of drug-likeness (QED) is 0.316. The van der Waals surface area contributed by atoms with Gasteiger partial charge in [0.25, 0.3) is 5.69 Å². The first kappa shape index (κ1) is 16.6. The molecule has 0 aliphatic rings. The number of hydrogen-bond donors (Lipinski definition) is 3. The minimum atomic E-state index is -0.573. The third-order valence-corrected chi connectivity index (χ3v) is 2.54. The largest absolute Gasteiger partial charge is 0.504 e. The number of nitro groups is 1. The number of nitro benzene ring substituents is 1. The number of thiocarbonyl (C=S) groups is 1. The molecule has 114 valence electrons. The van der Waals surface area contributed by atoms with Crippen molar-refractivity contribution in [2.45, 2.75) is 13.8 Å². The fourth-order valence-electron chi connectivity index (χ4n) is 1.44. The van der Waals surface area contributed by atoms with E-state index in [0.29, 0.717) is 11.7 Å². The summed E-state index contributed by atoms with van der Waals surface area (Å²) in [7, 11) is 0. The Labute approximate surface area is 127 Å². The highest BCUT2D eigenvalue weighted by atomic mass is 32.1. The van der Waals surface area contributed by atoms with Gasteiger partial charge in [-0.2, -0.15) is 5.10 Å². The lowest BCUT2D eigenvalue weighted by atomic mass is 10.1. The third-order valence-electron chi connectivity index (χ3n) is 2.31. The minimum absolute atomic E-state index is 0.0300. The Morgan fingerprint density at radius 1 is 1.57 bits per heavy atom. The van der Waals surface area contributed by atoms with Crippen LogP contribution in [-0.4, -0.2) is 34.5 Å². The topological polar surface area (TPSA) is 109 Å². The molecule has 0 amide bonds. The van der Waals surface area contributed by atoms with E-state index in [0.717, 1.165) is 6.07 Å². The average molecular weight is 312 g/mol. The number of non-ortho nitro benzene ring substituents is 1. The van der Waals surface area contributed by atoms with Gasteiger partial charge in [-0.15, -0.1) is 0 Å². The Bertz CT molecular complexity index is 562. The van der Waals surface area contributed by atoms with Gasteiger partial charge in [0.05, 0.1) is 23.8 Å².